The van der Waals surface area contributed by atoms with Crippen molar-refractivity contribution in [3.05, 3.63) is 9.94 Å². The maximum Gasteiger partial charge on any atom is 0.0326 e. The second kappa shape index (κ2) is 3.68. The molecule has 0 amide bonds. The van der Waals surface area contributed by atoms with Gasteiger partial charge in [0.25, 0.3) is 0 Å². The molecule has 0 bridgehead atoms. The Morgan fingerprint density at radius 3 is 1.80 bits per heavy atom. The Hall–Kier alpha value is 0.380. The highest BCUT2D eigenvalue weighted by Crippen LogP contribution is 2.34. The van der Waals surface area contributed by atoms with Crippen molar-refractivity contribution in [3.8, 4) is 0 Å². The van der Waals surface area contributed by atoms with E-state index < -0.39 is 0 Å². The standard InChI is InChI=1S/C8H15ClS/c1-6(10-5)7(9)8(2,3)4/h1-5H3/b7-6-. The SMILES string of the molecule is CS/C(C)=C(\Cl)C(C)(C)C. The zero-order valence-electron chi connectivity index (χ0n) is 7.29. The van der Waals surface area contributed by atoms with E-state index >= 15 is 0 Å². The predicted octanol–water partition coefficient (Wildman–Crippen LogP) is 3.87. The highest BCUT2D eigenvalue weighted by atomic mass is 35.5. The van der Waals surface area contributed by atoms with Crippen LogP contribution in [0.2, 0.25) is 0 Å². The van der Waals surface area contributed by atoms with Crippen LogP contribution in [0.1, 0.15) is 27.7 Å². The van der Waals surface area contributed by atoms with Crippen LogP contribution < -0.4 is 0 Å². The van der Waals surface area contributed by atoms with Gasteiger partial charge in [-0.15, -0.1) is 11.8 Å². The molecule has 0 aromatic rings. The van der Waals surface area contributed by atoms with Crippen LogP contribution in [0.3, 0.4) is 0 Å². The Balaban J connectivity index is 4.47. The summed E-state index contributed by atoms with van der Waals surface area (Å²) >= 11 is 7.77. The van der Waals surface area contributed by atoms with Gasteiger partial charge >= 0.3 is 0 Å². The van der Waals surface area contributed by atoms with Crippen LogP contribution in [0, 0.1) is 5.41 Å². The van der Waals surface area contributed by atoms with Crippen molar-refractivity contribution in [3.63, 3.8) is 0 Å². The number of hydrogen-bond acceptors (Lipinski definition) is 1. The lowest BCUT2D eigenvalue weighted by molar-refractivity contribution is 0.529. The van der Waals surface area contributed by atoms with Gasteiger partial charge in [-0.05, 0) is 23.5 Å². The Morgan fingerprint density at radius 2 is 1.70 bits per heavy atom. The molecule has 0 radical (unpaired) electrons. The average molecular weight is 179 g/mol. The topological polar surface area (TPSA) is 0 Å². The van der Waals surface area contributed by atoms with Crippen molar-refractivity contribution in [1.82, 2.24) is 0 Å². The first kappa shape index (κ1) is 10.4. The van der Waals surface area contributed by atoms with Gasteiger partial charge in [0.15, 0.2) is 0 Å². The maximum atomic E-state index is 6.07. The van der Waals surface area contributed by atoms with E-state index in [2.05, 4.69) is 27.7 Å². The Labute approximate surface area is 73.0 Å². The fourth-order valence-electron chi connectivity index (χ4n) is 0.618. The molecule has 10 heavy (non-hydrogen) atoms. The van der Waals surface area contributed by atoms with Crippen molar-refractivity contribution in [2.75, 3.05) is 6.26 Å². The van der Waals surface area contributed by atoms with Gasteiger partial charge in [-0.2, -0.15) is 0 Å². The van der Waals surface area contributed by atoms with Gasteiger partial charge < -0.3 is 0 Å². The van der Waals surface area contributed by atoms with E-state index in [-0.39, 0.29) is 5.41 Å². The summed E-state index contributed by atoms with van der Waals surface area (Å²) in [5.41, 5.74) is 0.106. The first-order valence-corrected chi connectivity index (χ1v) is 4.90. The molecule has 0 spiro atoms. The summed E-state index contributed by atoms with van der Waals surface area (Å²) in [6, 6.07) is 0. The van der Waals surface area contributed by atoms with E-state index in [9.17, 15) is 0 Å². The highest BCUT2D eigenvalue weighted by Gasteiger charge is 2.16. The molecule has 0 aromatic heterocycles. The number of thioether (sulfide) groups is 1. The Morgan fingerprint density at radius 1 is 1.30 bits per heavy atom. The minimum Gasteiger partial charge on any atom is -0.133 e. The van der Waals surface area contributed by atoms with Gasteiger partial charge in [0.2, 0.25) is 0 Å². The molecule has 0 aliphatic carbocycles. The average Bonchev–Trinajstić information content (AvgIpc) is 1.83. The summed E-state index contributed by atoms with van der Waals surface area (Å²) in [5, 5.41) is 0.972. The summed E-state index contributed by atoms with van der Waals surface area (Å²) in [6.07, 6.45) is 2.05. The van der Waals surface area contributed by atoms with Crippen LogP contribution in [-0.2, 0) is 0 Å². The number of allylic oxidation sites excluding steroid dienone is 2. The van der Waals surface area contributed by atoms with Crippen molar-refractivity contribution in [1.29, 1.82) is 0 Å². The maximum absolute atomic E-state index is 6.07. The molecular weight excluding hydrogens is 164 g/mol. The van der Waals surface area contributed by atoms with E-state index in [1.54, 1.807) is 11.8 Å². The molecule has 0 heterocycles. The summed E-state index contributed by atoms with van der Waals surface area (Å²) in [4.78, 5) is 1.22. The van der Waals surface area contributed by atoms with Crippen LogP contribution in [0.4, 0.5) is 0 Å². The monoisotopic (exact) mass is 178 g/mol. The normalized spacial score (nSPS) is 15.0. The number of halogens is 1. The highest BCUT2D eigenvalue weighted by molar-refractivity contribution is 8.02. The largest absolute Gasteiger partial charge is 0.133 e. The fourth-order valence-corrected chi connectivity index (χ4v) is 1.33. The summed E-state index contributed by atoms with van der Waals surface area (Å²) < 4.78 is 0. The number of hydrogen-bond donors (Lipinski definition) is 0. The molecule has 0 aliphatic rings. The molecular formula is C8H15ClS. The van der Waals surface area contributed by atoms with Crippen LogP contribution in [0.5, 0.6) is 0 Å². The molecule has 0 aromatic carbocycles. The molecule has 0 aliphatic heterocycles. The molecule has 0 unspecified atom stereocenters. The third-order valence-corrected chi connectivity index (χ3v) is 3.05. The van der Waals surface area contributed by atoms with E-state index in [0.29, 0.717) is 0 Å². The lowest BCUT2D eigenvalue weighted by Gasteiger charge is -2.19. The van der Waals surface area contributed by atoms with Crippen LogP contribution in [0.25, 0.3) is 0 Å². The van der Waals surface area contributed by atoms with Crippen LogP contribution in [-0.4, -0.2) is 6.26 Å². The lowest BCUT2D eigenvalue weighted by atomic mass is 9.96. The molecule has 2 heteroatoms. The first-order chi connectivity index (χ1) is 4.39. The molecule has 0 atom stereocenters. The lowest BCUT2D eigenvalue weighted by Crippen LogP contribution is -2.05. The summed E-state index contributed by atoms with van der Waals surface area (Å²) in [7, 11) is 0. The zero-order chi connectivity index (χ0) is 8.36. The van der Waals surface area contributed by atoms with Crippen molar-refractivity contribution in [2.24, 2.45) is 5.41 Å². The number of rotatable bonds is 1. The molecule has 0 rings (SSSR count). The van der Waals surface area contributed by atoms with Crippen molar-refractivity contribution >= 4 is 23.4 Å². The van der Waals surface area contributed by atoms with Gasteiger partial charge in [-0.1, -0.05) is 32.4 Å². The molecule has 0 N–H and O–H groups in total. The van der Waals surface area contributed by atoms with Gasteiger partial charge in [0.1, 0.15) is 0 Å². The molecule has 0 nitrogen and oxygen atoms in total. The minimum absolute atomic E-state index is 0.106. The predicted molar refractivity (Wildman–Crippen MR) is 51.5 cm³/mol. The summed E-state index contributed by atoms with van der Waals surface area (Å²) in [5.74, 6) is 0. The van der Waals surface area contributed by atoms with Crippen LogP contribution in [0.15, 0.2) is 9.94 Å². The van der Waals surface area contributed by atoms with E-state index in [4.69, 9.17) is 11.6 Å². The molecule has 60 valence electrons. The van der Waals surface area contributed by atoms with Gasteiger partial charge in [0.05, 0.1) is 0 Å². The Bertz CT molecular complexity index is 142. The van der Waals surface area contributed by atoms with Gasteiger partial charge in [-0.3, -0.25) is 0 Å². The van der Waals surface area contributed by atoms with Crippen LogP contribution >= 0.6 is 23.4 Å². The quantitative estimate of drug-likeness (QED) is 0.588. The van der Waals surface area contributed by atoms with E-state index in [1.807, 2.05) is 6.26 Å². The first-order valence-electron chi connectivity index (χ1n) is 3.30. The molecule has 0 saturated heterocycles. The van der Waals surface area contributed by atoms with E-state index in [0.717, 1.165) is 5.03 Å². The fraction of sp³-hybridized carbons (Fsp3) is 0.750. The van der Waals surface area contributed by atoms with Gasteiger partial charge in [0, 0.05) is 5.03 Å². The van der Waals surface area contributed by atoms with Crippen molar-refractivity contribution < 1.29 is 0 Å². The molecule has 0 saturated carbocycles. The summed E-state index contributed by atoms with van der Waals surface area (Å²) in [6.45, 7) is 8.41. The zero-order valence-corrected chi connectivity index (χ0v) is 8.86. The van der Waals surface area contributed by atoms with Gasteiger partial charge in [-0.25, -0.2) is 0 Å². The minimum atomic E-state index is 0.106. The van der Waals surface area contributed by atoms with Crippen molar-refractivity contribution in [2.45, 2.75) is 27.7 Å². The third-order valence-electron chi connectivity index (χ3n) is 1.27. The Kier molecular flexibility index (Phi) is 3.82. The molecule has 0 fully saturated rings. The van der Waals surface area contributed by atoms with E-state index in [1.165, 1.54) is 4.91 Å². The second-order valence-electron chi connectivity index (χ2n) is 3.32. The third kappa shape index (κ3) is 2.98. The second-order valence-corrected chi connectivity index (χ2v) is 4.72. The smallest absolute Gasteiger partial charge is 0.0326 e.